The summed E-state index contributed by atoms with van der Waals surface area (Å²) in [6, 6.07) is 11.3. The number of fused-ring (bicyclic) bond motifs is 1. The summed E-state index contributed by atoms with van der Waals surface area (Å²) in [5, 5.41) is 16.1. The van der Waals surface area contributed by atoms with E-state index in [9.17, 15) is 10.1 Å². The van der Waals surface area contributed by atoms with Crippen LogP contribution in [0.2, 0.25) is 0 Å². The zero-order valence-corrected chi connectivity index (χ0v) is 12.4. The lowest BCUT2D eigenvalue weighted by atomic mass is 9.84. The number of H-pyrrole nitrogens is 1. The number of esters is 1. The lowest BCUT2D eigenvalue weighted by Crippen LogP contribution is -2.22. The summed E-state index contributed by atoms with van der Waals surface area (Å²) in [6.07, 6.45) is 0. The molecule has 7 nitrogen and oxygen atoms in total. The van der Waals surface area contributed by atoms with E-state index in [1.165, 1.54) is 0 Å². The van der Waals surface area contributed by atoms with Crippen LogP contribution in [0.3, 0.4) is 0 Å². The quantitative estimate of drug-likeness (QED) is 0.836. The molecular formula is C16H14N4O3. The number of hydrogen-bond donors (Lipinski definition) is 2. The number of aromatic amines is 1. The van der Waals surface area contributed by atoms with Gasteiger partial charge in [-0.05, 0) is 12.5 Å². The highest BCUT2D eigenvalue weighted by Crippen LogP contribution is 2.42. The number of nitriles is 1. The zero-order chi connectivity index (χ0) is 16.4. The van der Waals surface area contributed by atoms with Gasteiger partial charge in [-0.2, -0.15) is 5.26 Å². The van der Waals surface area contributed by atoms with Gasteiger partial charge in [-0.3, -0.25) is 5.10 Å². The van der Waals surface area contributed by atoms with Crippen molar-refractivity contribution in [3.8, 4) is 11.9 Å². The first-order valence-electron chi connectivity index (χ1n) is 7.05. The minimum Gasteiger partial charge on any atom is -0.461 e. The predicted molar refractivity (Wildman–Crippen MR) is 80.3 cm³/mol. The molecule has 0 saturated heterocycles. The average Bonchev–Trinajstić information content (AvgIpc) is 2.98. The Balaban J connectivity index is 2.19. The summed E-state index contributed by atoms with van der Waals surface area (Å²) < 4.78 is 10.4. The third-order valence-corrected chi connectivity index (χ3v) is 3.55. The minimum atomic E-state index is -0.552. The van der Waals surface area contributed by atoms with Crippen LogP contribution in [-0.2, 0) is 4.74 Å². The second-order valence-corrected chi connectivity index (χ2v) is 4.87. The molecule has 0 saturated carbocycles. The van der Waals surface area contributed by atoms with Gasteiger partial charge in [0.15, 0.2) is 5.69 Å². The van der Waals surface area contributed by atoms with Crippen LogP contribution in [0.4, 0.5) is 0 Å². The summed E-state index contributed by atoms with van der Waals surface area (Å²) in [4.78, 5) is 12.2. The Morgan fingerprint density at radius 1 is 1.48 bits per heavy atom. The topological polar surface area (TPSA) is 114 Å². The van der Waals surface area contributed by atoms with Gasteiger partial charge in [-0.1, -0.05) is 30.3 Å². The molecule has 2 heterocycles. The van der Waals surface area contributed by atoms with Gasteiger partial charge >= 0.3 is 5.97 Å². The molecule has 0 fully saturated rings. The number of nitrogens with one attached hydrogen (secondary N) is 1. The molecule has 0 radical (unpaired) electrons. The van der Waals surface area contributed by atoms with Crippen LogP contribution in [0.15, 0.2) is 41.8 Å². The van der Waals surface area contributed by atoms with Gasteiger partial charge in [0.05, 0.1) is 18.1 Å². The van der Waals surface area contributed by atoms with E-state index in [1.807, 2.05) is 30.3 Å². The highest BCUT2D eigenvalue weighted by Gasteiger charge is 2.37. The fraction of sp³-hybridized carbons (Fsp3) is 0.188. The Kier molecular flexibility index (Phi) is 3.73. The maximum absolute atomic E-state index is 12.2. The monoisotopic (exact) mass is 310 g/mol. The number of carbonyl (C=O) groups is 1. The molecule has 116 valence electrons. The van der Waals surface area contributed by atoms with E-state index in [1.54, 1.807) is 6.92 Å². The Hall–Kier alpha value is -3.27. The number of nitrogens with two attached hydrogens (primary N) is 1. The molecule has 1 atom stereocenters. The van der Waals surface area contributed by atoms with Gasteiger partial charge in [0, 0.05) is 0 Å². The summed E-state index contributed by atoms with van der Waals surface area (Å²) >= 11 is 0. The van der Waals surface area contributed by atoms with Crippen LogP contribution in [-0.4, -0.2) is 22.8 Å². The number of benzene rings is 1. The Labute approximate surface area is 132 Å². The molecule has 2 aromatic rings. The van der Waals surface area contributed by atoms with Gasteiger partial charge in [0.25, 0.3) is 0 Å². The molecule has 3 rings (SSSR count). The molecule has 3 N–H and O–H groups in total. The van der Waals surface area contributed by atoms with Crippen LogP contribution in [0, 0.1) is 11.3 Å². The SMILES string of the molecule is CCOC(=O)c1[nH]nc2c1[C@@H](c1ccccc1)C(C#N)=C(N)O2. The van der Waals surface area contributed by atoms with E-state index in [2.05, 4.69) is 16.3 Å². The van der Waals surface area contributed by atoms with Crippen molar-refractivity contribution in [2.45, 2.75) is 12.8 Å². The first-order valence-corrected chi connectivity index (χ1v) is 7.05. The molecule has 1 aliphatic rings. The normalized spacial score (nSPS) is 16.3. The molecule has 1 aromatic heterocycles. The molecule has 23 heavy (non-hydrogen) atoms. The molecule has 7 heteroatoms. The van der Waals surface area contributed by atoms with Crippen molar-refractivity contribution in [1.82, 2.24) is 10.2 Å². The standard InChI is InChI=1S/C16H14N4O3/c1-2-22-16(21)13-12-11(9-6-4-3-5-7-9)10(8-17)14(18)23-15(12)20-19-13/h3-7,11H,2,18H2,1H3,(H,19,20)/t11-/m0/s1. The van der Waals surface area contributed by atoms with Crippen molar-refractivity contribution in [3.05, 3.63) is 58.6 Å². The third-order valence-electron chi connectivity index (χ3n) is 3.55. The molecule has 0 amide bonds. The fourth-order valence-corrected chi connectivity index (χ4v) is 2.58. The van der Waals surface area contributed by atoms with Crippen LogP contribution in [0.1, 0.15) is 34.5 Å². The highest BCUT2D eigenvalue weighted by molar-refractivity contribution is 5.90. The van der Waals surface area contributed by atoms with Gasteiger partial charge in [0.1, 0.15) is 11.6 Å². The third kappa shape index (κ3) is 2.40. The lowest BCUT2D eigenvalue weighted by molar-refractivity contribution is 0.0518. The first kappa shape index (κ1) is 14.7. The second kappa shape index (κ2) is 5.85. The molecule has 0 bridgehead atoms. The van der Waals surface area contributed by atoms with Gasteiger partial charge < -0.3 is 15.2 Å². The average molecular weight is 310 g/mol. The van der Waals surface area contributed by atoms with Crippen molar-refractivity contribution >= 4 is 5.97 Å². The van der Waals surface area contributed by atoms with Crippen molar-refractivity contribution < 1.29 is 14.3 Å². The first-order chi connectivity index (χ1) is 11.2. The van der Waals surface area contributed by atoms with E-state index in [-0.39, 0.29) is 29.6 Å². The van der Waals surface area contributed by atoms with Crippen LogP contribution in [0.25, 0.3) is 0 Å². The summed E-state index contributed by atoms with van der Waals surface area (Å²) in [5.41, 5.74) is 7.50. The van der Waals surface area contributed by atoms with Crippen molar-refractivity contribution in [2.24, 2.45) is 5.73 Å². The molecule has 1 aromatic carbocycles. The molecule has 0 unspecified atom stereocenters. The number of rotatable bonds is 3. The van der Waals surface area contributed by atoms with Crippen molar-refractivity contribution in [2.75, 3.05) is 6.61 Å². The van der Waals surface area contributed by atoms with Crippen LogP contribution in [0.5, 0.6) is 5.88 Å². The predicted octanol–water partition coefficient (Wildman–Crippen LogP) is 1.80. The molecule has 0 spiro atoms. The lowest BCUT2D eigenvalue weighted by Gasteiger charge is -2.23. The number of ether oxygens (including phenoxy) is 2. The Morgan fingerprint density at radius 3 is 2.87 bits per heavy atom. The maximum atomic E-state index is 12.2. The van der Waals surface area contributed by atoms with Gasteiger partial charge in [-0.15, -0.1) is 5.10 Å². The van der Waals surface area contributed by atoms with E-state index in [4.69, 9.17) is 15.2 Å². The fourth-order valence-electron chi connectivity index (χ4n) is 2.58. The van der Waals surface area contributed by atoms with Gasteiger partial charge in [-0.25, -0.2) is 4.79 Å². The highest BCUT2D eigenvalue weighted by atomic mass is 16.5. The summed E-state index contributed by atoms with van der Waals surface area (Å²) in [7, 11) is 0. The molecule has 0 aliphatic carbocycles. The largest absolute Gasteiger partial charge is 0.461 e. The number of allylic oxidation sites excluding steroid dienone is 1. The summed E-state index contributed by atoms with van der Waals surface area (Å²) in [5.74, 6) is -0.930. The van der Waals surface area contributed by atoms with Crippen LogP contribution < -0.4 is 10.5 Å². The number of carbonyl (C=O) groups excluding carboxylic acids is 1. The Morgan fingerprint density at radius 2 is 2.22 bits per heavy atom. The minimum absolute atomic E-state index is 0.0178. The molecular weight excluding hydrogens is 296 g/mol. The second-order valence-electron chi connectivity index (χ2n) is 4.87. The smallest absolute Gasteiger partial charge is 0.356 e. The Bertz CT molecular complexity index is 818. The molecule has 1 aliphatic heterocycles. The van der Waals surface area contributed by atoms with E-state index in [0.717, 1.165) is 5.56 Å². The maximum Gasteiger partial charge on any atom is 0.356 e. The summed E-state index contributed by atoms with van der Waals surface area (Å²) in [6.45, 7) is 1.94. The number of nitrogens with zero attached hydrogens (tertiary/aromatic N) is 2. The van der Waals surface area contributed by atoms with E-state index < -0.39 is 11.9 Å². The van der Waals surface area contributed by atoms with Crippen molar-refractivity contribution in [1.29, 1.82) is 5.26 Å². The van der Waals surface area contributed by atoms with Crippen LogP contribution >= 0.6 is 0 Å². The number of aromatic nitrogens is 2. The van der Waals surface area contributed by atoms with Gasteiger partial charge in [0.2, 0.25) is 11.8 Å². The van der Waals surface area contributed by atoms with E-state index >= 15 is 0 Å². The number of hydrogen-bond acceptors (Lipinski definition) is 6. The van der Waals surface area contributed by atoms with Crippen molar-refractivity contribution in [3.63, 3.8) is 0 Å². The van der Waals surface area contributed by atoms with E-state index in [0.29, 0.717) is 5.56 Å². The zero-order valence-electron chi connectivity index (χ0n) is 12.4.